The van der Waals surface area contributed by atoms with Gasteiger partial charge in [-0.05, 0) is 25.7 Å². The standard InChI is InChI=1S/C10H16N4/c11-6-8-2-1-3-9-12-10(7-4-5-7)13-14(8)9/h7-8H,1-6,11H2. The van der Waals surface area contributed by atoms with Crippen molar-refractivity contribution >= 4 is 0 Å². The van der Waals surface area contributed by atoms with Crippen molar-refractivity contribution in [1.82, 2.24) is 14.8 Å². The van der Waals surface area contributed by atoms with Crippen LogP contribution in [0.25, 0.3) is 0 Å². The van der Waals surface area contributed by atoms with Crippen molar-refractivity contribution in [3.05, 3.63) is 11.6 Å². The number of nitrogens with two attached hydrogens (primary N) is 1. The smallest absolute Gasteiger partial charge is 0.154 e. The van der Waals surface area contributed by atoms with Crippen LogP contribution < -0.4 is 5.73 Å². The minimum Gasteiger partial charge on any atom is -0.328 e. The molecule has 0 bridgehead atoms. The molecule has 1 saturated carbocycles. The maximum absolute atomic E-state index is 5.73. The first-order chi connectivity index (χ1) is 6.88. The molecule has 0 amide bonds. The third-order valence-electron chi connectivity index (χ3n) is 3.22. The predicted octanol–water partition coefficient (Wildman–Crippen LogP) is 0.992. The third kappa shape index (κ3) is 1.25. The number of rotatable bonds is 2. The molecule has 1 fully saturated rings. The second kappa shape index (κ2) is 3.05. The average Bonchev–Trinajstić information content (AvgIpc) is 2.97. The number of nitrogens with zero attached hydrogens (tertiary/aromatic N) is 3. The molecule has 4 nitrogen and oxygen atoms in total. The van der Waals surface area contributed by atoms with Crippen LogP contribution in [0.15, 0.2) is 0 Å². The second-order valence-corrected chi connectivity index (χ2v) is 4.39. The van der Waals surface area contributed by atoms with Crippen LogP contribution >= 0.6 is 0 Å². The van der Waals surface area contributed by atoms with E-state index >= 15 is 0 Å². The van der Waals surface area contributed by atoms with E-state index < -0.39 is 0 Å². The Morgan fingerprint density at radius 1 is 1.36 bits per heavy atom. The molecule has 1 aromatic rings. The molecule has 2 aliphatic rings. The molecule has 1 unspecified atom stereocenters. The van der Waals surface area contributed by atoms with Crippen molar-refractivity contribution < 1.29 is 0 Å². The average molecular weight is 192 g/mol. The fraction of sp³-hybridized carbons (Fsp3) is 0.800. The molecule has 1 atom stereocenters. The van der Waals surface area contributed by atoms with Gasteiger partial charge in [0.15, 0.2) is 5.82 Å². The Morgan fingerprint density at radius 3 is 2.93 bits per heavy atom. The summed E-state index contributed by atoms with van der Waals surface area (Å²) in [5, 5.41) is 4.59. The normalized spacial score (nSPS) is 26.2. The van der Waals surface area contributed by atoms with Gasteiger partial charge >= 0.3 is 0 Å². The van der Waals surface area contributed by atoms with E-state index in [0.717, 1.165) is 24.5 Å². The van der Waals surface area contributed by atoms with Crippen LogP contribution in [0.3, 0.4) is 0 Å². The van der Waals surface area contributed by atoms with Crippen LogP contribution in [0, 0.1) is 0 Å². The van der Waals surface area contributed by atoms with Crippen LogP contribution in [0.4, 0.5) is 0 Å². The molecule has 2 heterocycles. The lowest BCUT2D eigenvalue weighted by Gasteiger charge is -2.21. The van der Waals surface area contributed by atoms with Gasteiger partial charge in [0.2, 0.25) is 0 Å². The number of hydrogen-bond acceptors (Lipinski definition) is 3. The van der Waals surface area contributed by atoms with E-state index in [1.165, 1.54) is 19.3 Å². The van der Waals surface area contributed by atoms with Crippen LogP contribution in [-0.4, -0.2) is 21.3 Å². The molecule has 0 aromatic carbocycles. The Hall–Kier alpha value is -0.900. The Kier molecular flexibility index (Phi) is 1.83. The van der Waals surface area contributed by atoms with Crippen molar-refractivity contribution in [3.8, 4) is 0 Å². The summed E-state index contributed by atoms with van der Waals surface area (Å²) >= 11 is 0. The molecule has 14 heavy (non-hydrogen) atoms. The number of aryl methyl sites for hydroxylation is 1. The van der Waals surface area contributed by atoms with Crippen molar-refractivity contribution in [2.24, 2.45) is 5.73 Å². The molecule has 1 aromatic heterocycles. The summed E-state index contributed by atoms with van der Waals surface area (Å²) in [6, 6.07) is 0.402. The van der Waals surface area contributed by atoms with Gasteiger partial charge in [-0.1, -0.05) is 0 Å². The zero-order valence-electron chi connectivity index (χ0n) is 8.32. The number of aromatic nitrogens is 3. The van der Waals surface area contributed by atoms with Crippen LogP contribution in [-0.2, 0) is 6.42 Å². The summed E-state index contributed by atoms with van der Waals surface area (Å²) < 4.78 is 2.08. The SMILES string of the molecule is NCC1CCCc2nc(C3CC3)nn21. The van der Waals surface area contributed by atoms with E-state index in [0.29, 0.717) is 18.5 Å². The molecule has 2 N–H and O–H groups in total. The maximum Gasteiger partial charge on any atom is 0.154 e. The Labute approximate surface area is 83.5 Å². The molecule has 4 heteroatoms. The lowest BCUT2D eigenvalue weighted by Crippen LogP contribution is -2.25. The molecule has 0 saturated heterocycles. The maximum atomic E-state index is 5.73. The molecular weight excluding hydrogens is 176 g/mol. The highest BCUT2D eigenvalue weighted by atomic mass is 15.4. The number of fused-ring (bicyclic) bond motifs is 1. The van der Waals surface area contributed by atoms with Gasteiger partial charge in [-0.3, -0.25) is 0 Å². The molecule has 0 spiro atoms. The molecule has 1 aliphatic carbocycles. The summed E-state index contributed by atoms with van der Waals surface area (Å²) in [5.41, 5.74) is 5.73. The zero-order chi connectivity index (χ0) is 9.54. The predicted molar refractivity (Wildman–Crippen MR) is 53.0 cm³/mol. The zero-order valence-corrected chi connectivity index (χ0v) is 8.32. The summed E-state index contributed by atoms with van der Waals surface area (Å²) in [6.07, 6.45) is 6.01. The molecule has 1 aliphatic heterocycles. The number of hydrogen-bond donors (Lipinski definition) is 1. The monoisotopic (exact) mass is 192 g/mol. The second-order valence-electron chi connectivity index (χ2n) is 4.39. The lowest BCUT2D eigenvalue weighted by molar-refractivity contribution is 0.368. The van der Waals surface area contributed by atoms with Gasteiger partial charge in [-0.15, -0.1) is 0 Å². The summed E-state index contributed by atoms with van der Waals surface area (Å²) in [7, 11) is 0. The van der Waals surface area contributed by atoms with Gasteiger partial charge in [-0.25, -0.2) is 9.67 Å². The van der Waals surface area contributed by atoms with Gasteiger partial charge in [0.05, 0.1) is 6.04 Å². The summed E-state index contributed by atoms with van der Waals surface area (Å²) in [5.74, 6) is 2.89. The largest absolute Gasteiger partial charge is 0.328 e. The molecule has 76 valence electrons. The highest BCUT2D eigenvalue weighted by Crippen LogP contribution is 2.39. The minimum absolute atomic E-state index is 0.402. The fourth-order valence-corrected chi connectivity index (χ4v) is 2.19. The van der Waals surface area contributed by atoms with Crippen LogP contribution in [0.5, 0.6) is 0 Å². The van der Waals surface area contributed by atoms with Gasteiger partial charge < -0.3 is 5.73 Å². The highest BCUT2D eigenvalue weighted by molar-refractivity contribution is 5.08. The van der Waals surface area contributed by atoms with Crippen molar-refractivity contribution in [2.75, 3.05) is 6.54 Å². The first-order valence-corrected chi connectivity index (χ1v) is 5.54. The van der Waals surface area contributed by atoms with E-state index in [1.54, 1.807) is 0 Å². The summed E-state index contributed by atoms with van der Waals surface area (Å²) in [6.45, 7) is 0.695. The van der Waals surface area contributed by atoms with Crippen LogP contribution in [0.2, 0.25) is 0 Å². The van der Waals surface area contributed by atoms with E-state index in [4.69, 9.17) is 5.73 Å². The topological polar surface area (TPSA) is 56.7 Å². The molecule has 3 rings (SSSR count). The van der Waals surface area contributed by atoms with Gasteiger partial charge in [0.1, 0.15) is 5.82 Å². The van der Waals surface area contributed by atoms with Crippen molar-refractivity contribution in [3.63, 3.8) is 0 Å². The van der Waals surface area contributed by atoms with Gasteiger partial charge in [-0.2, -0.15) is 5.10 Å². The van der Waals surface area contributed by atoms with E-state index in [-0.39, 0.29) is 0 Å². The Bertz CT molecular complexity index is 340. The lowest BCUT2D eigenvalue weighted by atomic mass is 10.1. The van der Waals surface area contributed by atoms with Gasteiger partial charge in [0, 0.05) is 18.9 Å². The van der Waals surface area contributed by atoms with E-state index in [1.807, 2.05) is 0 Å². The Balaban J connectivity index is 1.95. The fourth-order valence-electron chi connectivity index (χ4n) is 2.19. The van der Waals surface area contributed by atoms with E-state index in [2.05, 4.69) is 14.8 Å². The quantitative estimate of drug-likeness (QED) is 0.760. The van der Waals surface area contributed by atoms with E-state index in [9.17, 15) is 0 Å². The molecular formula is C10H16N4. The molecule has 0 radical (unpaired) electrons. The summed E-state index contributed by atoms with van der Waals surface area (Å²) in [4.78, 5) is 4.61. The van der Waals surface area contributed by atoms with Crippen molar-refractivity contribution in [2.45, 2.75) is 44.1 Å². The minimum atomic E-state index is 0.402. The third-order valence-corrected chi connectivity index (χ3v) is 3.22. The first-order valence-electron chi connectivity index (χ1n) is 5.54. The first kappa shape index (κ1) is 8.41. The Morgan fingerprint density at radius 2 is 2.21 bits per heavy atom. The highest BCUT2D eigenvalue weighted by Gasteiger charge is 2.31. The van der Waals surface area contributed by atoms with Crippen LogP contribution in [0.1, 0.15) is 49.3 Å². The van der Waals surface area contributed by atoms with Crippen molar-refractivity contribution in [1.29, 1.82) is 0 Å². The van der Waals surface area contributed by atoms with Gasteiger partial charge in [0.25, 0.3) is 0 Å².